The number of fused-ring (bicyclic) bond motifs is 3. The molecular formula is C14H12N6. The first-order chi connectivity index (χ1) is 9.93. The number of H-pyrrole nitrogens is 2. The van der Waals surface area contributed by atoms with E-state index in [0.29, 0.717) is 23.6 Å². The monoisotopic (exact) mass is 264 g/mol. The number of aromatic amines is 2. The molecule has 0 radical (unpaired) electrons. The van der Waals surface area contributed by atoms with Gasteiger partial charge in [-0.25, -0.2) is 0 Å². The Bertz CT molecular complexity index is 760. The molecule has 0 bridgehead atoms. The Labute approximate surface area is 114 Å². The third-order valence-corrected chi connectivity index (χ3v) is 4.58. The smallest absolute Gasteiger partial charge is 0.225 e. The van der Waals surface area contributed by atoms with Gasteiger partial charge in [0.15, 0.2) is 0 Å². The lowest BCUT2D eigenvalue weighted by Crippen LogP contribution is -1.94. The summed E-state index contributed by atoms with van der Waals surface area (Å²) in [5, 5.41) is 21.7. The average Bonchev–Trinajstić information content (AvgIpc) is 2.92. The van der Waals surface area contributed by atoms with Gasteiger partial charge in [0.25, 0.3) is 0 Å². The Balaban J connectivity index is 1.52. The van der Waals surface area contributed by atoms with Crippen LogP contribution >= 0.6 is 0 Å². The summed E-state index contributed by atoms with van der Waals surface area (Å²) < 4.78 is 0. The molecule has 2 aliphatic rings. The lowest BCUT2D eigenvalue weighted by atomic mass is 10.0. The van der Waals surface area contributed by atoms with E-state index in [1.165, 1.54) is 16.8 Å². The number of rotatable bonds is 2. The zero-order valence-electron chi connectivity index (χ0n) is 10.6. The Morgan fingerprint density at radius 3 is 2.75 bits per heavy atom. The molecule has 5 rings (SSSR count). The van der Waals surface area contributed by atoms with Crippen molar-refractivity contribution in [3.63, 3.8) is 0 Å². The summed E-state index contributed by atoms with van der Waals surface area (Å²) >= 11 is 0. The summed E-state index contributed by atoms with van der Waals surface area (Å²) in [7, 11) is 0. The van der Waals surface area contributed by atoms with Gasteiger partial charge < -0.3 is 0 Å². The summed E-state index contributed by atoms with van der Waals surface area (Å²) in [5.41, 5.74) is 4.83. The highest BCUT2D eigenvalue weighted by atomic mass is 15.5. The molecule has 1 saturated carbocycles. The van der Waals surface area contributed by atoms with E-state index in [2.05, 4.69) is 61.2 Å². The number of tetrazole rings is 1. The normalized spacial score (nSPS) is 26.3. The van der Waals surface area contributed by atoms with E-state index in [1.54, 1.807) is 0 Å². The zero-order valence-corrected chi connectivity index (χ0v) is 10.6. The fraction of sp³-hybridized carbons (Fsp3) is 0.286. The molecule has 0 saturated heterocycles. The average molecular weight is 264 g/mol. The van der Waals surface area contributed by atoms with Gasteiger partial charge >= 0.3 is 0 Å². The molecule has 0 amide bonds. The van der Waals surface area contributed by atoms with Gasteiger partial charge in [-0.05, 0) is 29.0 Å². The van der Waals surface area contributed by atoms with Gasteiger partial charge in [-0.15, -0.1) is 10.2 Å². The van der Waals surface area contributed by atoms with Crippen molar-refractivity contribution in [3.8, 4) is 11.5 Å². The fourth-order valence-electron chi connectivity index (χ4n) is 3.70. The second-order valence-corrected chi connectivity index (χ2v) is 5.53. The van der Waals surface area contributed by atoms with Gasteiger partial charge in [0, 0.05) is 17.2 Å². The van der Waals surface area contributed by atoms with Crippen LogP contribution < -0.4 is 0 Å². The summed E-state index contributed by atoms with van der Waals surface area (Å²) in [5.74, 6) is 2.51. The highest BCUT2D eigenvalue weighted by molar-refractivity contribution is 5.61. The zero-order chi connectivity index (χ0) is 13.1. The molecule has 3 unspecified atom stereocenters. The first kappa shape index (κ1) is 10.3. The second kappa shape index (κ2) is 3.53. The Morgan fingerprint density at radius 1 is 1.05 bits per heavy atom. The summed E-state index contributed by atoms with van der Waals surface area (Å²) in [6.07, 6.45) is 1.06. The first-order valence-electron chi connectivity index (χ1n) is 6.79. The number of hydrogen-bond acceptors (Lipinski definition) is 4. The highest BCUT2D eigenvalue weighted by Crippen LogP contribution is 2.66. The maximum atomic E-state index is 4.38. The lowest BCUT2D eigenvalue weighted by molar-refractivity contribution is 0.810. The maximum Gasteiger partial charge on any atom is 0.225 e. The summed E-state index contributed by atoms with van der Waals surface area (Å²) in [6, 6.07) is 10.7. The topological polar surface area (TPSA) is 83.1 Å². The largest absolute Gasteiger partial charge is 0.281 e. The predicted octanol–water partition coefficient (Wildman–Crippen LogP) is 1.64. The van der Waals surface area contributed by atoms with Crippen molar-refractivity contribution >= 4 is 0 Å². The van der Waals surface area contributed by atoms with Crippen molar-refractivity contribution in [3.05, 3.63) is 47.2 Å². The third kappa shape index (κ3) is 1.23. The van der Waals surface area contributed by atoms with Crippen molar-refractivity contribution < 1.29 is 0 Å². The molecule has 3 aromatic rings. The molecule has 3 atom stereocenters. The second-order valence-electron chi connectivity index (χ2n) is 5.53. The van der Waals surface area contributed by atoms with Crippen molar-refractivity contribution in [1.29, 1.82) is 0 Å². The molecule has 1 fully saturated rings. The number of aromatic nitrogens is 6. The van der Waals surface area contributed by atoms with Crippen LogP contribution in [0.15, 0.2) is 30.3 Å². The number of hydrogen-bond donors (Lipinski definition) is 2. The molecule has 2 aromatic heterocycles. The van der Waals surface area contributed by atoms with Crippen molar-refractivity contribution in [2.24, 2.45) is 5.92 Å². The Hall–Kier alpha value is -2.50. The van der Waals surface area contributed by atoms with E-state index >= 15 is 0 Å². The van der Waals surface area contributed by atoms with Crippen molar-refractivity contribution in [2.45, 2.75) is 18.3 Å². The molecule has 1 aromatic carbocycles. The van der Waals surface area contributed by atoms with Crippen LogP contribution in [0.3, 0.4) is 0 Å². The van der Waals surface area contributed by atoms with Crippen LogP contribution in [0.2, 0.25) is 0 Å². The van der Waals surface area contributed by atoms with E-state index in [0.717, 1.165) is 12.1 Å². The molecular weight excluding hydrogens is 252 g/mol. The van der Waals surface area contributed by atoms with E-state index in [-0.39, 0.29) is 0 Å². The molecule has 2 heterocycles. The van der Waals surface area contributed by atoms with Gasteiger partial charge in [-0.3, -0.25) is 5.10 Å². The first-order valence-corrected chi connectivity index (χ1v) is 6.79. The van der Waals surface area contributed by atoms with Gasteiger partial charge in [-0.2, -0.15) is 10.3 Å². The van der Waals surface area contributed by atoms with E-state index in [9.17, 15) is 0 Å². The molecule has 0 spiro atoms. The quantitative estimate of drug-likeness (QED) is 0.737. The Kier molecular flexibility index (Phi) is 1.82. The van der Waals surface area contributed by atoms with Crippen LogP contribution in [0.25, 0.3) is 11.5 Å². The number of nitrogens with one attached hydrogen (secondary N) is 2. The molecule has 2 N–H and O–H groups in total. The van der Waals surface area contributed by atoms with Crippen LogP contribution in [0.5, 0.6) is 0 Å². The highest BCUT2D eigenvalue weighted by Gasteiger charge is 2.58. The molecule has 0 aliphatic heterocycles. The molecule has 98 valence electrons. The van der Waals surface area contributed by atoms with Gasteiger partial charge in [0.1, 0.15) is 5.69 Å². The standard InChI is InChI=1S/C14H12N6/c1-2-4-7(5-3-1)10-8-6-9-12(11(8)10)15-16-13(9)14-17-19-20-18-14/h1-5,8,10-11H,6H2,(H,15,16)(H,17,18,19,20). The van der Waals surface area contributed by atoms with Gasteiger partial charge in [-0.1, -0.05) is 30.3 Å². The molecule has 20 heavy (non-hydrogen) atoms. The minimum atomic E-state index is 0.583. The van der Waals surface area contributed by atoms with Crippen molar-refractivity contribution in [2.75, 3.05) is 0 Å². The number of benzene rings is 1. The number of nitrogens with zero attached hydrogens (tertiary/aromatic N) is 4. The summed E-state index contributed by atoms with van der Waals surface area (Å²) in [4.78, 5) is 0. The van der Waals surface area contributed by atoms with Gasteiger partial charge in [0.05, 0.1) is 0 Å². The SMILES string of the molecule is c1ccc(C2C3Cc4c(-c5nn[nH]n5)n[nH]c4C32)cc1. The van der Waals surface area contributed by atoms with Crippen LogP contribution in [-0.2, 0) is 6.42 Å². The van der Waals surface area contributed by atoms with Gasteiger partial charge in [0.2, 0.25) is 5.82 Å². The lowest BCUT2D eigenvalue weighted by Gasteiger charge is -2.04. The minimum absolute atomic E-state index is 0.583. The molecule has 6 heteroatoms. The van der Waals surface area contributed by atoms with Crippen LogP contribution in [0, 0.1) is 5.92 Å². The van der Waals surface area contributed by atoms with Crippen LogP contribution in [0.4, 0.5) is 0 Å². The predicted molar refractivity (Wildman–Crippen MR) is 70.9 cm³/mol. The fourth-order valence-corrected chi connectivity index (χ4v) is 3.70. The Morgan fingerprint density at radius 2 is 1.95 bits per heavy atom. The van der Waals surface area contributed by atoms with Crippen LogP contribution in [-0.4, -0.2) is 30.8 Å². The minimum Gasteiger partial charge on any atom is -0.281 e. The third-order valence-electron chi connectivity index (χ3n) is 4.58. The van der Waals surface area contributed by atoms with Crippen LogP contribution in [0.1, 0.15) is 28.7 Å². The van der Waals surface area contributed by atoms with Crippen molar-refractivity contribution in [1.82, 2.24) is 30.8 Å². The molecule has 6 nitrogen and oxygen atoms in total. The molecule has 2 aliphatic carbocycles. The van der Waals surface area contributed by atoms with E-state index in [1.807, 2.05) is 0 Å². The van der Waals surface area contributed by atoms with E-state index in [4.69, 9.17) is 0 Å². The summed E-state index contributed by atoms with van der Waals surface area (Å²) in [6.45, 7) is 0. The van der Waals surface area contributed by atoms with E-state index < -0.39 is 0 Å². The maximum absolute atomic E-state index is 4.38.